The number of ether oxygens (including phenoxy) is 1. The van der Waals surface area contributed by atoms with Crippen LogP contribution in [-0.4, -0.2) is 40.5 Å². The van der Waals surface area contributed by atoms with Crippen molar-refractivity contribution in [1.29, 1.82) is 0 Å². The highest BCUT2D eigenvalue weighted by atomic mass is 32.2. The van der Waals surface area contributed by atoms with Crippen molar-refractivity contribution in [1.82, 2.24) is 21.0 Å². The molecule has 3 aromatic rings. The first-order valence-electron chi connectivity index (χ1n) is 10.4. The molecule has 2 aromatic carbocycles. The van der Waals surface area contributed by atoms with E-state index in [1.54, 1.807) is 4.90 Å². The van der Waals surface area contributed by atoms with E-state index >= 15 is 0 Å². The molecule has 2 N–H and O–H groups in total. The Labute approximate surface area is 189 Å². The number of hydrogen-bond acceptors (Lipinski definition) is 9. The summed E-state index contributed by atoms with van der Waals surface area (Å²) < 4.78 is 11.1. The number of aromatic nitrogens is 2. The molecule has 1 saturated heterocycles. The summed E-state index contributed by atoms with van der Waals surface area (Å²) >= 11 is 1.39. The first-order valence-corrected chi connectivity index (χ1v) is 11.4. The van der Waals surface area contributed by atoms with Crippen molar-refractivity contribution in [2.24, 2.45) is 10.9 Å². The number of amides is 1. The number of nitrogens with zero attached hydrogens (tertiary/aromatic N) is 4. The first kappa shape index (κ1) is 20.7. The van der Waals surface area contributed by atoms with Gasteiger partial charge < -0.3 is 9.26 Å². The first-order chi connectivity index (χ1) is 15.7. The Bertz CT molecular complexity index is 1140. The van der Waals surface area contributed by atoms with Crippen molar-refractivity contribution >= 4 is 28.5 Å². The Morgan fingerprint density at radius 3 is 2.84 bits per heavy atom. The van der Waals surface area contributed by atoms with Crippen LogP contribution in [0.15, 0.2) is 64.1 Å². The van der Waals surface area contributed by atoms with Crippen LogP contribution < -0.4 is 20.5 Å². The number of hydrazine groups is 1. The number of carbonyl (C=O) groups excluding carboxylic acids is 1. The van der Waals surface area contributed by atoms with Crippen LogP contribution in [0.4, 0.5) is 5.69 Å². The molecule has 0 radical (unpaired) electrons. The Morgan fingerprint density at radius 1 is 1.19 bits per heavy atom. The fourth-order valence-corrected chi connectivity index (χ4v) is 4.55. The second kappa shape index (κ2) is 9.11. The van der Waals surface area contributed by atoms with E-state index in [0.717, 1.165) is 11.3 Å². The molecule has 0 bridgehead atoms. The van der Waals surface area contributed by atoms with Crippen LogP contribution in [-0.2, 0) is 10.5 Å². The fourth-order valence-electron chi connectivity index (χ4n) is 3.67. The maximum Gasteiger partial charge on any atom is 0.241 e. The SMILES string of the molecule is CCOc1ccccc1-c1noc(CSC2=NC3NNCC3C(=O)N2c2ccccc2)n1. The van der Waals surface area contributed by atoms with Gasteiger partial charge in [-0.3, -0.25) is 15.1 Å². The van der Waals surface area contributed by atoms with Gasteiger partial charge in [0.05, 0.1) is 29.5 Å². The van der Waals surface area contributed by atoms with Crippen LogP contribution in [0.5, 0.6) is 5.75 Å². The van der Waals surface area contributed by atoms with Crippen LogP contribution in [0.2, 0.25) is 0 Å². The van der Waals surface area contributed by atoms with E-state index in [-0.39, 0.29) is 18.0 Å². The van der Waals surface area contributed by atoms with E-state index in [2.05, 4.69) is 21.0 Å². The summed E-state index contributed by atoms with van der Waals surface area (Å²) in [5.74, 6) is 1.76. The summed E-state index contributed by atoms with van der Waals surface area (Å²) in [6, 6.07) is 17.1. The molecule has 2 atom stereocenters. The number of amidine groups is 1. The predicted molar refractivity (Wildman–Crippen MR) is 122 cm³/mol. The summed E-state index contributed by atoms with van der Waals surface area (Å²) in [5, 5.41) is 4.71. The van der Waals surface area contributed by atoms with Gasteiger partial charge in [0, 0.05) is 6.54 Å². The van der Waals surface area contributed by atoms with Crippen molar-refractivity contribution in [3.63, 3.8) is 0 Å². The van der Waals surface area contributed by atoms with Crippen molar-refractivity contribution in [2.75, 3.05) is 18.1 Å². The van der Waals surface area contributed by atoms with E-state index in [9.17, 15) is 4.79 Å². The molecule has 2 aliphatic rings. The number of para-hydroxylation sites is 2. The van der Waals surface area contributed by atoms with Crippen molar-refractivity contribution in [2.45, 2.75) is 18.8 Å². The Hall–Kier alpha value is -3.21. The summed E-state index contributed by atoms with van der Waals surface area (Å²) in [6.45, 7) is 3.02. The highest BCUT2D eigenvalue weighted by molar-refractivity contribution is 8.13. The Kier molecular flexibility index (Phi) is 5.89. The maximum atomic E-state index is 13.2. The van der Waals surface area contributed by atoms with E-state index in [0.29, 0.717) is 41.5 Å². The lowest BCUT2D eigenvalue weighted by molar-refractivity contribution is -0.121. The standard InChI is InChI=1S/C22H22N6O3S/c1-2-30-17-11-7-6-10-15(17)20-24-18(31-27-20)13-32-22-25-19-16(12-23-26-19)21(29)28(22)14-8-4-3-5-9-14/h3-11,16,19,23,26H,2,12-13H2,1H3. The molecule has 5 rings (SSSR count). The number of rotatable bonds is 6. The van der Waals surface area contributed by atoms with E-state index in [1.807, 2.05) is 61.5 Å². The average Bonchev–Trinajstić information content (AvgIpc) is 3.49. The van der Waals surface area contributed by atoms with Crippen LogP contribution in [0.1, 0.15) is 12.8 Å². The van der Waals surface area contributed by atoms with Crippen molar-refractivity contribution in [3.05, 3.63) is 60.5 Å². The number of hydrogen-bond donors (Lipinski definition) is 2. The number of aliphatic imine (C=N–C) groups is 1. The molecule has 9 nitrogen and oxygen atoms in total. The molecule has 0 spiro atoms. The lowest BCUT2D eigenvalue weighted by Crippen LogP contribution is -2.49. The molecule has 164 valence electrons. The third-order valence-corrected chi connectivity index (χ3v) is 6.10. The number of anilines is 1. The average molecular weight is 451 g/mol. The number of nitrogens with one attached hydrogen (secondary N) is 2. The van der Waals surface area contributed by atoms with Gasteiger partial charge in [-0.15, -0.1) is 0 Å². The quantitative estimate of drug-likeness (QED) is 0.591. The van der Waals surface area contributed by atoms with Crippen LogP contribution in [0.3, 0.4) is 0 Å². The van der Waals surface area contributed by atoms with E-state index in [1.165, 1.54) is 11.8 Å². The van der Waals surface area contributed by atoms with Gasteiger partial charge in [-0.1, -0.05) is 47.3 Å². The molecule has 0 saturated carbocycles. The van der Waals surface area contributed by atoms with Crippen LogP contribution >= 0.6 is 11.8 Å². The molecular formula is C22H22N6O3S. The van der Waals surface area contributed by atoms with Gasteiger partial charge in [0.15, 0.2) is 5.17 Å². The number of benzene rings is 2. The minimum absolute atomic E-state index is 0.00746. The molecule has 1 fully saturated rings. The van der Waals surface area contributed by atoms with Gasteiger partial charge in [0.25, 0.3) is 0 Å². The molecular weight excluding hydrogens is 428 g/mol. The zero-order valence-corrected chi connectivity index (χ0v) is 18.2. The molecule has 2 unspecified atom stereocenters. The fraction of sp³-hybridized carbons (Fsp3) is 0.273. The van der Waals surface area contributed by atoms with Gasteiger partial charge in [-0.25, -0.2) is 10.4 Å². The molecule has 2 aliphatic heterocycles. The number of carbonyl (C=O) groups is 1. The highest BCUT2D eigenvalue weighted by Gasteiger charge is 2.42. The molecule has 1 amide bonds. The third-order valence-electron chi connectivity index (χ3n) is 5.17. The van der Waals surface area contributed by atoms with Gasteiger partial charge in [0.2, 0.25) is 17.6 Å². The second-order valence-electron chi connectivity index (χ2n) is 7.23. The van der Waals surface area contributed by atoms with E-state index < -0.39 is 0 Å². The Balaban J connectivity index is 1.37. The smallest absolute Gasteiger partial charge is 0.241 e. The number of thioether (sulfide) groups is 1. The highest BCUT2D eigenvalue weighted by Crippen LogP contribution is 2.31. The van der Waals surface area contributed by atoms with Gasteiger partial charge in [-0.05, 0) is 31.2 Å². The normalized spacial score (nSPS) is 20.2. The van der Waals surface area contributed by atoms with Crippen LogP contribution in [0, 0.1) is 5.92 Å². The zero-order chi connectivity index (χ0) is 21.9. The van der Waals surface area contributed by atoms with Crippen molar-refractivity contribution < 1.29 is 14.1 Å². The minimum Gasteiger partial charge on any atom is -0.493 e. The molecule has 10 heteroatoms. The van der Waals surface area contributed by atoms with Gasteiger partial charge >= 0.3 is 0 Å². The summed E-state index contributed by atoms with van der Waals surface area (Å²) in [5.41, 5.74) is 7.66. The summed E-state index contributed by atoms with van der Waals surface area (Å²) in [7, 11) is 0. The minimum atomic E-state index is -0.290. The molecule has 32 heavy (non-hydrogen) atoms. The molecule has 3 heterocycles. The lowest BCUT2D eigenvalue weighted by Gasteiger charge is -2.32. The predicted octanol–water partition coefficient (Wildman–Crippen LogP) is 2.82. The molecule has 0 aliphatic carbocycles. The summed E-state index contributed by atoms with van der Waals surface area (Å²) in [4.78, 5) is 24.2. The Morgan fingerprint density at radius 2 is 2.00 bits per heavy atom. The topological polar surface area (TPSA) is 105 Å². The van der Waals surface area contributed by atoms with Crippen LogP contribution in [0.25, 0.3) is 11.4 Å². The number of fused-ring (bicyclic) bond motifs is 1. The lowest BCUT2D eigenvalue weighted by atomic mass is 10.1. The second-order valence-corrected chi connectivity index (χ2v) is 8.17. The zero-order valence-electron chi connectivity index (χ0n) is 17.4. The summed E-state index contributed by atoms with van der Waals surface area (Å²) in [6.07, 6.45) is -0.290. The molecule has 1 aromatic heterocycles. The van der Waals surface area contributed by atoms with Gasteiger partial charge in [0.1, 0.15) is 11.9 Å². The monoisotopic (exact) mass is 450 g/mol. The maximum absolute atomic E-state index is 13.2. The third kappa shape index (κ3) is 3.99. The largest absolute Gasteiger partial charge is 0.493 e. The van der Waals surface area contributed by atoms with Crippen molar-refractivity contribution in [3.8, 4) is 17.1 Å². The van der Waals surface area contributed by atoms with Gasteiger partial charge in [-0.2, -0.15) is 4.98 Å². The van der Waals surface area contributed by atoms with E-state index in [4.69, 9.17) is 14.3 Å².